The molecular weight excluding hydrogens is 219 g/mol. The lowest BCUT2D eigenvalue weighted by Crippen LogP contribution is -2.04. The number of anilines is 1. The van der Waals surface area contributed by atoms with Gasteiger partial charge in [-0.15, -0.1) is 0 Å². The second kappa shape index (κ2) is 7.64. The maximum absolute atomic E-state index is 12.9. The van der Waals surface area contributed by atoms with Gasteiger partial charge in [0, 0.05) is 20.3 Å². The molecule has 0 spiro atoms. The fourth-order valence-electron chi connectivity index (χ4n) is 1.53. The Kier molecular flexibility index (Phi) is 6.05. The van der Waals surface area contributed by atoms with E-state index in [1.165, 1.54) is 12.1 Å². The summed E-state index contributed by atoms with van der Waals surface area (Å²) in [7, 11) is 1.69. The van der Waals surface area contributed by atoms with Gasteiger partial charge < -0.3 is 10.1 Å². The van der Waals surface area contributed by atoms with Gasteiger partial charge >= 0.3 is 0 Å². The van der Waals surface area contributed by atoms with Crippen LogP contribution in [0.1, 0.15) is 24.8 Å². The molecule has 0 fully saturated rings. The van der Waals surface area contributed by atoms with Crippen molar-refractivity contribution in [2.24, 2.45) is 0 Å². The van der Waals surface area contributed by atoms with Crippen LogP contribution in [-0.2, 0) is 4.74 Å². The summed E-state index contributed by atoms with van der Waals surface area (Å²) in [6.45, 7) is 1.56. The molecule has 0 unspecified atom stereocenters. The Morgan fingerprint density at radius 3 is 2.88 bits per heavy atom. The predicted octanol–water partition coefficient (Wildman–Crippen LogP) is 2.93. The van der Waals surface area contributed by atoms with E-state index in [0.717, 1.165) is 32.4 Å². The van der Waals surface area contributed by atoms with E-state index in [1.807, 2.05) is 6.07 Å². The number of halogens is 1. The molecule has 0 heterocycles. The summed E-state index contributed by atoms with van der Waals surface area (Å²) in [5, 5.41) is 12.0. The topological polar surface area (TPSA) is 45.0 Å². The summed E-state index contributed by atoms with van der Waals surface area (Å²) in [6.07, 6.45) is 3.11. The number of nitriles is 1. The molecule has 92 valence electrons. The molecule has 1 rings (SSSR count). The highest BCUT2D eigenvalue weighted by molar-refractivity contribution is 5.57. The van der Waals surface area contributed by atoms with Crippen LogP contribution in [0.4, 0.5) is 10.1 Å². The Morgan fingerprint density at radius 2 is 2.18 bits per heavy atom. The Morgan fingerprint density at radius 1 is 1.35 bits per heavy atom. The van der Waals surface area contributed by atoms with Crippen molar-refractivity contribution in [2.75, 3.05) is 25.6 Å². The molecule has 0 atom stereocenters. The van der Waals surface area contributed by atoms with Gasteiger partial charge in [-0.25, -0.2) is 4.39 Å². The molecule has 4 heteroatoms. The Hall–Kier alpha value is -1.60. The van der Waals surface area contributed by atoms with Gasteiger partial charge in [0.2, 0.25) is 0 Å². The molecule has 1 N–H and O–H groups in total. The molecule has 0 aliphatic carbocycles. The summed E-state index contributed by atoms with van der Waals surface area (Å²) in [5.41, 5.74) is 1.04. The third kappa shape index (κ3) is 4.83. The highest BCUT2D eigenvalue weighted by Gasteiger charge is 2.02. The molecule has 1 aromatic carbocycles. The third-order valence-corrected chi connectivity index (χ3v) is 2.44. The first-order valence-corrected chi connectivity index (χ1v) is 5.70. The number of rotatable bonds is 7. The zero-order chi connectivity index (χ0) is 12.5. The van der Waals surface area contributed by atoms with Crippen molar-refractivity contribution < 1.29 is 9.13 Å². The quantitative estimate of drug-likeness (QED) is 0.740. The number of hydrogen-bond acceptors (Lipinski definition) is 3. The predicted molar refractivity (Wildman–Crippen MR) is 65.3 cm³/mol. The van der Waals surface area contributed by atoms with Gasteiger partial charge in [0.05, 0.1) is 11.3 Å². The minimum absolute atomic E-state index is 0.349. The molecule has 0 aliphatic heterocycles. The van der Waals surface area contributed by atoms with Gasteiger partial charge in [-0.05, 0) is 37.5 Å². The van der Waals surface area contributed by atoms with E-state index in [4.69, 9.17) is 10.00 Å². The number of unbranched alkanes of at least 4 members (excludes halogenated alkanes) is 2. The molecule has 0 radical (unpaired) electrons. The standard InChI is InChI=1S/C13H17FN2O/c1-17-8-4-2-3-7-16-13-6-5-12(14)9-11(13)10-15/h5-6,9,16H,2-4,7-8H2,1H3. The molecule has 0 aliphatic rings. The lowest BCUT2D eigenvalue weighted by atomic mass is 10.2. The van der Waals surface area contributed by atoms with Crippen LogP contribution in [0.3, 0.4) is 0 Å². The SMILES string of the molecule is COCCCCCNc1ccc(F)cc1C#N. The third-order valence-electron chi connectivity index (χ3n) is 2.44. The smallest absolute Gasteiger partial charge is 0.124 e. The average molecular weight is 236 g/mol. The second-order valence-electron chi connectivity index (χ2n) is 3.78. The van der Waals surface area contributed by atoms with E-state index in [0.29, 0.717) is 11.3 Å². The largest absolute Gasteiger partial charge is 0.385 e. The summed E-state index contributed by atoms with van der Waals surface area (Å²) in [5.74, 6) is -0.382. The Bertz CT molecular complexity index is 387. The lowest BCUT2D eigenvalue weighted by Gasteiger charge is -2.07. The maximum Gasteiger partial charge on any atom is 0.124 e. The number of methoxy groups -OCH3 is 1. The van der Waals surface area contributed by atoms with Crippen molar-refractivity contribution in [3.8, 4) is 6.07 Å². The number of benzene rings is 1. The summed E-state index contributed by atoms with van der Waals surface area (Å²) < 4.78 is 17.8. The van der Waals surface area contributed by atoms with E-state index >= 15 is 0 Å². The van der Waals surface area contributed by atoms with E-state index in [1.54, 1.807) is 13.2 Å². The molecule has 1 aromatic rings. The van der Waals surface area contributed by atoms with E-state index in [2.05, 4.69) is 5.32 Å². The summed E-state index contributed by atoms with van der Waals surface area (Å²) >= 11 is 0. The van der Waals surface area contributed by atoms with Crippen LogP contribution in [0.2, 0.25) is 0 Å². The fraction of sp³-hybridized carbons (Fsp3) is 0.462. The number of hydrogen-bond donors (Lipinski definition) is 1. The van der Waals surface area contributed by atoms with Crippen LogP contribution < -0.4 is 5.32 Å². The van der Waals surface area contributed by atoms with Crippen molar-refractivity contribution >= 4 is 5.69 Å². The van der Waals surface area contributed by atoms with Gasteiger partial charge in [-0.1, -0.05) is 0 Å². The molecule has 0 aromatic heterocycles. The van der Waals surface area contributed by atoms with Crippen molar-refractivity contribution in [3.63, 3.8) is 0 Å². The molecule has 0 saturated carbocycles. The number of nitrogens with one attached hydrogen (secondary N) is 1. The van der Waals surface area contributed by atoms with Crippen LogP contribution in [0.5, 0.6) is 0 Å². The monoisotopic (exact) mass is 236 g/mol. The second-order valence-corrected chi connectivity index (χ2v) is 3.78. The highest BCUT2D eigenvalue weighted by atomic mass is 19.1. The van der Waals surface area contributed by atoms with Crippen molar-refractivity contribution in [3.05, 3.63) is 29.6 Å². The molecular formula is C13H17FN2O. The van der Waals surface area contributed by atoms with E-state index < -0.39 is 0 Å². The fourth-order valence-corrected chi connectivity index (χ4v) is 1.53. The Balaban J connectivity index is 2.34. The van der Waals surface area contributed by atoms with Crippen molar-refractivity contribution in [2.45, 2.75) is 19.3 Å². The van der Waals surface area contributed by atoms with Crippen LogP contribution in [-0.4, -0.2) is 20.3 Å². The minimum Gasteiger partial charge on any atom is -0.385 e. The summed E-state index contributed by atoms with van der Waals surface area (Å²) in [4.78, 5) is 0. The van der Waals surface area contributed by atoms with Crippen molar-refractivity contribution in [1.82, 2.24) is 0 Å². The molecule has 3 nitrogen and oxygen atoms in total. The highest BCUT2D eigenvalue weighted by Crippen LogP contribution is 2.15. The number of nitrogens with zero attached hydrogens (tertiary/aromatic N) is 1. The summed E-state index contributed by atoms with van der Waals surface area (Å²) in [6, 6.07) is 6.17. The van der Waals surface area contributed by atoms with Crippen LogP contribution in [0.15, 0.2) is 18.2 Å². The van der Waals surface area contributed by atoms with Crippen LogP contribution in [0, 0.1) is 17.1 Å². The Labute approximate surface area is 101 Å². The molecule has 17 heavy (non-hydrogen) atoms. The van der Waals surface area contributed by atoms with Gasteiger partial charge in [-0.3, -0.25) is 0 Å². The van der Waals surface area contributed by atoms with E-state index in [-0.39, 0.29) is 5.82 Å². The number of ether oxygens (including phenoxy) is 1. The van der Waals surface area contributed by atoms with Gasteiger partial charge in [-0.2, -0.15) is 5.26 Å². The first-order valence-electron chi connectivity index (χ1n) is 5.70. The first kappa shape index (κ1) is 13.5. The average Bonchev–Trinajstić information content (AvgIpc) is 2.35. The maximum atomic E-state index is 12.9. The van der Waals surface area contributed by atoms with Crippen molar-refractivity contribution in [1.29, 1.82) is 5.26 Å². The van der Waals surface area contributed by atoms with E-state index in [9.17, 15) is 4.39 Å². The van der Waals surface area contributed by atoms with Crippen LogP contribution in [0.25, 0.3) is 0 Å². The minimum atomic E-state index is -0.382. The molecule has 0 saturated heterocycles. The normalized spacial score (nSPS) is 9.94. The van der Waals surface area contributed by atoms with Crippen LogP contribution >= 0.6 is 0 Å². The molecule has 0 amide bonds. The van der Waals surface area contributed by atoms with Gasteiger partial charge in [0.1, 0.15) is 11.9 Å². The zero-order valence-corrected chi connectivity index (χ0v) is 10.0. The molecule has 0 bridgehead atoms. The zero-order valence-electron chi connectivity index (χ0n) is 10.0. The van der Waals surface area contributed by atoms with Gasteiger partial charge in [0.25, 0.3) is 0 Å². The first-order chi connectivity index (χ1) is 8.27. The van der Waals surface area contributed by atoms with Gasteiger partial charge in [0.15, 0.2) is 0 Å². The lowest BCUT2D eigenvalue weighted by molar-refractivity contribution is 0.192.